The third-order valence-corrected chi connectivity index (χ3v) is 4.51. The SMILES string of the molecule is COC(=O)c1sc(N2CCCC(C(F)(F)F)C2)nc1C. The Kier molecular flexibility index (Phi) is 4.22. The van der Waals surface area contributed by atoms with Crippen LogP contribution in [0.3, 0.4) is 0 Å². The third kappa shape index (κ3) is 3.05. The number of hydrogen-bond donors (Lipinski definition) is 0. The van der Waals surface area contributed by atoms with Gasteiger partial charge in [0.05, 0.1) is 18.7 Å². The van der Waals surface area contributed by atoms with Gasteiger partial charge < -0.3 is 9.64 Å². The van der Waals surface area contributed by atoms with Crippen molar-refractivity contribution in [3.05, 3.63) is 10.6 Å². The van der Waals surface area contributed by atoms with E-state index in [1.165, 1.54) is 7.11 Å². The highest BCUT2D eigenvalue weighted by molar-refractivity contribution is 7.17. The monoisotopic (exact) mass is 308 g/mol. The summed E-state index contributed by atoms with van der Waals surface area (Å²) in [6, 6.07) is 0. The zero-order valence-corrected chi connectivity index (χ0v) is 12.0. The number of carbonyl (C=O) groups excluding carboxylic acids is 1. The van der Waals surface area contributed by atoms with Crippen LogP contribution < -0.4 is 4.90 Å². The zero-order chi connectivity index (χ0) is 14.9. The highest BCUT2D eigenvalue weighted by Gasteiger charge is 2.42. The van der Waals surface area contributed by atoms with Gasteiger partial charge in [0.15, 0.2) is 5.13 Å². The van der Waals surface area contributed by atoms with Crippen molar-refractivity contribution in [1.82, 2.24) is 4.98 Å². The van der Waals surface area contributed by atoms with E-state index in [0.29, 0.717) is 28.7 Å². The van der Waals surface area contributed by atoms with Crippen LogP contribution in [-0.4, -0.2) is 37.3 Å². The van der Waals surface area contributed by atoms with E-state index in [-0.39, 0.29) is 13.0 Å². The lowest BCUT2D eigenvalue weighted by atomic mass is 9.98. The van der Waals surface area contributed by atoms with Gasteiger partial charge in [0.2, 0.25) is 0 Å². The van der Waals surface area contributed by atoms with Crippen molar-refractivity contribution in [2.75, 3.05) is 25.1 Å². The lowest BCUT2D eigenvalue weighted by molar-refractivity contribution is -0.175. The summed E-state index contributed by atoms with van der Waals surface area (Å²) >= 11 is 1.08. The normalized spacial score (nSPS) is 20.1. The molecule has 0 bridgehead atoms. The van der Waals surface area contributed by atoms with Gasteiger partial charge in [-0.2, -0.15) is 13.2 Å². The number of carbonyl (C=O) groups is 1. The number of alkyl halides is 3. The number of piperidine rings is 1. The predicted octanol–water partition coefficient (Wildman–Crippen LogP) is 3.02. The van der Waals surface area contributed by atoms with Gasteiger partial charge in [-0.25, -0.2) is 9.78 Å². The first kappa shape index (κ1) is 15.1. The van der Waals surface area contributed by atoms with Crippen molar-refractivity contribution in [3.63, 3.8) is 0 Å². The predicted molar refractivity (Wildman–Crippen MR) is 69.2 cm³/mol. The highest BCUT2D eigenvalue weighted by Crippen LogP contribution is 2.36. The molecule has 0 radical (unpaired) electrons. The Balaban J connectivity index is 2.17. The number of nitrogens with zero attached hydrogens (tertiary/aromatic N) is 2. The lowest BCUT2D eigenvalue weighted by Gasteiger charge is -2.33. The van der Waals surface area contributed by atoms with E-state index in [9.17, 15) is 18.0 Å². The van der Waals surface area contributed by atoms with E-state index in [1.54, 1.807) is 11.8 Å². The first-order valence-electron chi connectivity index (χ1n) is 6.20. The molecule has 8 heteroatoms. The van der Waals surface area contributed by atoms with Crippen molar-refractivity contribution in [1.29, 1.82) is 0 Å². The molecule has 1 aromatic rings. The minimum Gasteiger partial charge on any atom is -0.465 e. The summed E-state index contributed by atoms with van der Waals surface area (Å²) < 4.78 is 43.0. The van der Waals surface area contributed by atoms with Crippen molar-refractivity contribution >= 4 is 22.4 Å². The van der Waals surface area contributed by atoms with Gasteiger partial charge >= 0.3 is 12.1 Å². The second-order valence-electron chi connectivity index (χ2n) is 4.73. The minimum atomic E-state index is -4.18. The van der Waals surface area contributed by atoms with Crippen LogP contribution in [0.25, 0.3) is 0 Å². The third-order valence-electron chi connectivity index (χ3n) is 3.31. The number of aromatic nitrogens is 1. The molecule has 1 saturated heterocycles. The van der Waals surface area contributed by atoms with Crippen LogP contribution in [0.4, 0.5) is 18.3 Å². The molecular weight excluding hydrogens is 293 g/mol. The largest absolute Gasteiger partial charge is 0.465 e. The average Bonchev–Trinajstić information content (AvgIpc) is 2.79. The Morgan fingerprint density at radius 2 is 2.20 bits per heavy atom. The van der Waals surface area contributed by atoms with E-state index in [2.05, 4.69) is 9.72 Å². The first-order valence-corrected chi connectivity index (χ1v) is 7.02. The topological polar surface area (TPSA) is 42.4 Å². The summed E-state index contributed by atoms with van der Waals surface area (Å²) in [5, 5.41) is 0.455. The molecule has 1 aromatic heterocycles. The number of esters is 1. The number of methoxy groups -OCH3 is 1. The van der Waals surface area contributed by atoms with E-state index in [0.717, 1.165) is 11.3 Å². The van der Waals surface area contributed by atoms with Gasteiger partial charge in [0.25, 0.3) is 0 Å². The Morgan fingerprint density at radius 3 is 2.80 bits per heavy atom. The molecule has 1 aliphatic rings. The molecule has 2 rings (SSSR count). The fourth-order valence-electron chi connectivity index (χ4n) is 2.22. The molecule has 1 unspecified atom stereocenters. The molecule has 4 nitrogen and oxygen atoms in total. The molecule has 1 atom stereocenters. The maximum atomic E-state index is 12.8. The lowest BCUT2D eigenvalue weighted by Crippen LogP contribution is -2.41. The second kappa shape index (κ2) is 5.59. The number of rotatable bonds is 2. The van der Waals surface area contributed by atoms with Crippen LogP contribution in [-0.2, 0) is 4.74 Å². The maximum absolute atomic E-state index is 12.8. The van der Waals surface area contributed by atoms with Crippen molar-refractivity contribution in [3.8, 4) is 0 Å². The number of ether oxygens (including phenoxy) is 1. The van der Waals surface area contributed by atoms with Gasteiger partial charge in [-0.05, 0) is 19.8 Å². The van der Waals surface area contributed by atoms with Crippen molar-refractivity contribution < 1.29 is 22.7 Å². The fraction of sp³-hybridized carbons (Fsp3) is 0.667. The van der Waals surface area contributed by atoms with Crippen LogP contribution >= 0.6 is 11.3 Å². The fourth-order valence-corrected chi connectivity index (χ4v) is 3.24. The molecule has 0 spiro atoms. The summed E-state index contributed by atoms with van der Waals surface area (Å²) in [4.78, 5) is 17.6. The van der Waals surface area contributed by atoms with Crippen LogP contribution in [0.2, 0.25) is 0 Å². The van der Waals surface area contributed by atoms with Crippen LogP contribution in [0, 0.1) is 12.8 Å². The van der Waals surface area contributed by atoms with Gasteiger partial charge in [0.1, 0.15) is 4.88 Å². The molecule has 0 saturated carbocycles. The Hall–Kier alpha value is -1.31. The second-order valence-corrected chi connectivity index (χ2v) is 5.71. The Bertz CT molecular complexity index is 501. The van der Waals surface area contributed by atoms with E-state index in [4.69, 9.17) is 0 Å². The Labute approximate surface area is 118 Å². The molecule has 2 heterocycles. The summed E-state index contributed by atoms with van der Waals surface area (Å²) in [6.45, 7) is 2.08. The summed E-state index contributed by atoms with van der Waals surface area (Å²) in [5.74, 6) is -1.84. The number of aryl methyl sites for hydroxylation is 1. The van der Waals surface area contributed by atoms with Gasteiger partial charge in [0, 0.05) is 13.1 Å². The minimum absolute atomic E-state index is 0.100. The summed E-state index contributed by atoms with van der Waals surface area (Å²) in [5.41, 5.74) is 0.492. The molecular formula is C12H15F3N2O2S. The van der Waals surface area contributed by atoms with Gasteiger partial charge in [-0.15, -0.1) is 0 Å². The number of anilines is 1. The van der Waals surface area contributed by atoms with E-state index in [1.807, 2.05) is 0 Å². The molecule has 0 aliphatic carbocycles. The number of hydrogen-bond acceptors (Lipinski definition) is 5. The van der Waals surface area contributed by atoms with Crippen LogP contribution in [0.5, 0.6) is 0 Å². The van der Waals surface area contributed by atoms with Crippen molar-refractivity contribution in [2.24, 2.45) is 5.92 Å². The molecule has 112 valence electrons. The van der Waals surface area contributed by atoms with Crippen LogP contribution in [0.15, 0.2) is 0 Å². The van der Waals surface area contributed by atoms with Gasteiger partial charge in [-0.3, -0.25) is 0 Å². The zero-order valence-electron chi connectivity index (χ0n) is 11.2. The van der Waals surface area contributed by atoms with E-state index < -0.39 is 18.1 Å². The smallest absolute Gasteiger partial charge is 0.393 e. The first-order chi connectivity index (χ1) is 9.32. The number of halogens is 3. The molecule has 0 aromatic carbocycles. The quantitative estimate of drug-likeness (QED) is 0.788. The molecule has 1 aliphatic heterocycles. The summed E-state index contributed by atoms with van der Waals surface area (Å²) in [7, 11) is 1.27. The van der Waals surface area contributed by atoms with Crippen molar-refractivity contribution in [2.45, 2.75) is 25.9 Å². The molecule has 20 heavy (non-hydrogen) atoms. The Morgan fingerprint density at radius 1 is 1.50 bits per heavy atom. The maximum Gasteiger partial charge on any atom is 0.393 e. The number of thiazole rings is 1. The summed E-state index contributed by atoms with van der Waals surface area (Å²) in [6.07, 6.45) is -3.57. The van der Waals surface area contributed by atoms with Gasteiger partial charge in [-0.1, -0.05) is 11.3 Å². The van der Waals surface area contributed by atoms with Crippen LogP contribution in [0.1, 0.15) is 28.2 Å². The molecule has 1 fully saturated rings. The highest BCUT2D eigenvalue weighted by atomic mass is 32.1. The average molecular weight is 308 g/mol. The molecule has 0 amide bonds. The molecule has 0 N–H and O–H groups in total. The van der Waals surface area contributed by atoms with E-state index >= 15 is 0 Å². The standard InChI is InChI=1S/C12H15F3N2O2S/c1-7-9(10(18)19-2)20-11(16-7)17-5-3-4-8(6-17)12(13,14)15/h8H,3-6H2,1-2H3.